The van der Waals surface area contributed by atoms with Crippen LogP contribution in [0.15, 0.2) is 29.8 Å². The van der Waals surface area contributed by atoms with Crippen molar-refractivity contribution in [2.24, 2.45) is 5.41 Å². The molecule has 0 atom stereocenters. The van der Waals surface area contributed by atoms with Crippen LogP contribution in [0.4, 0.5) is 11.6 Å². The average molecular weight is 287 g/mol. The first-order valence-corrected chi connectivity index (χ1v) is 7.85. The number of aromatic nitrogens is 1. The average Bonchev–Trinajstić information content (AvgIpc) is 2.36. The van der Waals surface area contributed by atoms with Crippen molar-refractivity contribution >= 4 is 11.6 Å². The molecule has 1 aromatic heterocycles. The molecule has 0 spiro atoms. The van der Waals surface area contributed by atoms with Gasteiger partial charge in [0.05, 0.1) is 0 Å². The van der Waals surface area contributed by atoms with Crippen LogP contribution in [0.1, 0.15) is 48.0 Å². The Hall–Kier alpha value is -1.51. The Morgan fingerprint density at radius 1 is 1.10 bits per heavy atom. The predicted molar refractivity (Wildman–Crippen MR) is 92.0 cm³/mol. The number of rotatable bonds is 2. The lowest BCUT2D eigenvalue weighted by Gasteiger charge is -2.33. The molecule has 2 heterocycles. The third kappa shape index (κ3) is 4.48. The van der Waals surface area contributed by atoms with E-state index in [1.54, 1.807) is 5.57 Å². The topological polar surface area (TPSA) is 28.2 Å². The molecule has 0 unspecified atom stereocenters. The van der Waals surface area contributed by atoms with Crippen LogP contribution in [0, 0.1) is 5.41 Å². The van der Waals surface area contributed by atoms with Gasteiger partial charge in [-0.05, 0) is 44.7 Å². The summed E-state index contributed by atoms with van der Waals surface area (Å²) in [5.74, 6) is 2.01. The Labute approximate surface area is 129 Å². The second-order valence-corrected chi connectivity index (χ2v) is 7.93. The van der Waals surface area contributed by atoms with Crippen molar-refractivity contribution in [1.29, 1.82) is 0 Å². The van der Waals surface area contributed by atoms with Gasteiger partial charge in [0.2, 0.25) is 0 Å². The fourth-order valence-electron chi connectivity index (χ4n) is 2.61. The maximum Gasteiger partial charge on any atom is 0.131 e. The Kier molecular flexibility index (Phi) is 4.31. The van der Waals surface area contributed by atoms with Gasteiger partial charge in [-0.2, -0.15) is 0 Å². The zero-order valence-electron chi connectivity index (χ0n) is 14.3. The molecule has 116 valence electrons. The molecule has 1 aromatic rings. The van der Waals surface area contributed by atoms with Gasteiger partial charge in [0.25, 0.3) is 0 Å². The minimum Gasteiger partial charge on any atom is -0.365 e. The fraction of sp³-hybridized carbons (Fsp3) is 0.611. The molecule has 0 bridgehead atoms. The van der Waals surface area contributed by atoms with Crippen LogP contribution < -0.4 is 10.2 Å². The third-order valence-electron chi connectivity index (χ3n) is 3.73. The van der Waals surface area contributed by atoms with Crippen LogP contribution in [-0.4, -0.2) is 23.6 Å². The SMILES string of the molecule is CC(C)(C)Nc1cccc(N2CC=C(C(C)(C)C)CC2)n1. The maximum atomic E-state index is 4.75. The van der Waals surface area contributed by atoms with E-state index >= 15 is 0 Å². The molecule has 0 aliphatic carbocycles. The van der Waals surface area contributed by atoms with Crippen LogP contribution in [0.3, 0.4) is 0 Å². The Morgan fingerprint density at radius 3 is 2.33 bits per heavy atom. The molecule has 2 rings (SSSR count). The zero-order valence-corrected chi connectivity index (χ0v) is 14.3. The first-order chi connectivity index (χ1) is 9.65. The molecule has 0 radical (unpaired) electrons. The van der Waals surface area contributed by atoms with Gasteiger partial charge >= 0.3 is 0 Å². The lowest BCUT2D eigenvalue weighted by atomic mass is 9.83. The summed E-state index contributed by atoms with van der Waals surface area (Å²) >= 11 is 0. The van der Waals surface area contributed by atoms with E-state index in [4.69, 9.17) is 4.98 Å². The molecule has 21 heavy (non-hydrogen) atoms. The second-order valence-electron chi connectivity index (χ2n) is 7.93. The second kappa shape index (κ2) is 5.70. The molecule has 0 aromatic carbocycles. The summed E-state index contributed by atoms with van der Waals surface area (Å²) in [5, 5.41) is 3.44. The van der Waals surface area contributed by atoms with E-state index in [-0.39, 0.29) is 11.0 Å². The molecular formula is C18H29N3. The minimum atomic E-state index is 0.0346. The van der Waals surface area contributed by atoms with E-state index in [1.165, 1.54) is 0 Å². The predicted octanol–water partition coefficient (Wildman–Crippen LogP) is 4.47. The highest BCUT2D eigenvalue weighted by molar-refractivity contribution is 5.49. The van der Waals surface area contributed by atoms with Gasteiger partial charge in [0.1, 0.15) is 11.6 Å². The van der Waals surface area contributed by atoms with Crippen molar-refractivity contribution in [2.45, 2.75) is 53.5 Å². The first-order valence-electron chi connectivity index (χ1n) is 7.85. The lowest BCUT2D eigenvalue weighted by molar-refractivity contribution is 0.472. The van der Waals surface area contributed by atoms with Crippen LogP contribution >= 0.6 is 0 Å². The van der Waals surface area contributed by atoms with Crippen molar-refractivity contribution in [3.63, 3.8) is 0 Å². The highest BCUT2D eigenvalue weighted by Crippen LogP contribution is 2.31. The van der Waals surface area contributed by atoms with E-state index in [0.717, 1.165) is 31.1 Å². The fourth-order valence-corrected chi connectivity index (χ4v) is 2.61. The lowest BCUT2D eigenvalue weighted by Crippen LogP contribution is -2.32. The maximum absolute atomic E-state index is 4.75. The van der Waals surface area contributed by atoms with E-state index in [9.17, 15) is 0 Å². The quantitative estimate of drug-likeness (QED) is 0.813. The third-order valence-corrected chi connectivity index (χ3v) is 3.73. The molecule has 1 aliphatic rings. The summed E-state index contributed by atoms with van der Waals surface area (Å²) in [6, 6.07) is 6.22. The minimum absolute atomic E-state index is 0.0346. The molecule has 0 fully saturated rings. The Morgan fingerprint density at radius 2 is 1.81 bits per heavy atom. The highest BCUT2D eigenvalue weighted by atomic mass is 15.2. The number of nitrogens with one attached hydrogen (secondary N) is 1. The zero-order chi connectivity index (χ0) is 15.7. The molecule has 0 saturated carbocycles. The summed E-state index contributed by atoms with van der Waals surface area (Å²) in [7, 11) is 0. The summed E-state index contributed by atoms with van der Waals surface area (Å²) in [6.45, 7) is 15.3. The van der Waals surface area contributed by atoms with E-state index in [2.05, 4.69) is 70.0 Å². The van der Waals surface area contributed by atoms with E-state index < -0.39 is 0 Å². The standard InChI is InChI=1S/C18H29N3/c1-17(2,3)14-10-12-21(13-11-14)16-9-7-8-15(19-16)20-18(4,5)6/h7-10H,11-13H2,1-6H3,(H,19,20). The van der Waals surface area contributed by atoms with Gasteiger partial charge in [-0.15, -0.1) is 0 Å². The number of anilines is 2. The van der Waals surface area contributed by atoms with Gasteiger partial charge in [-0.3, -0.25) is 0 Å². The Balaban J connectivity index is 2.11. The van der Waals surface area contributed by atoms with Gasteiger partial charge in [-0.25, -0.2) is 4.98 Å². The Bertz CT molecular complexity index is 518. The monoisotopic (exact) mass is 287 g/mol. The van der Waals surface area contributed by atoms with Crippen molar-refractivity contribution in [3.8, 4) is 0 Å². The first kappa shape index (κ1) is 15.9. The number of hydrogen-bond donors (Lipinski definition) is 1. The summed E-state index contributed by atoms with van der Waals surface area (Å²) in [6.07, 6.45) is 3.50. The van der Waals surface area contributed by atoms with Gasteiger partial charge in [0, 0.05) is 18.6 Å². The van der Waals surface area contributed by atoms with Crippen LogP contribution in [0.2, 0.25) is 0 Å². The number of nitrogens with zero attached hydrogens (tertiary/aromatic N) is 2. The van der Waals surface area contributed by atoms with Crippen molar-refractivity contribution in [1.82, 2.24) is 4.98 Å². The van der Waals surface area contributed by atoms with Crippen molar-refractivity contribution in [3.05, 3.63) is 29.8 Å². The summed E-state index contributed by atoms with van der Waals surface area (Å²) in [5.41, 5.74) is 1.88. The van der Waals surface area contributed by atoms with Gasteiger partial charge in [0.15, 0.2) is 0 Å². The molecule has 0 saturated heterocycles. The van der Waals surface area contributed by atoms with Gasteiger partial charge < -0.3 is 10.2 Å². The molecule has 1 N–H and O–H groups in total. The highest BCUT2D eigenvalue weighted by Gasteiger charge is 2.22. The van der Waals surface area contributed by atoms with Crippen LogP contribution in [0.25, 0.3) is 0 Å². The molecular weight excluding hydrogens is 258 g/mol. The number of hydrogen-bond acceptors (Lipinski definition) is 3. The molecule has 3 heteroatoms. The van der Waals surface area contributed by atoms with Crippen LogP contribution in [-0.2, 0) is 0 Å². The van der Waals surface area contributed by atoms with E-state index in [0.29, 0.717) is 0 Å². The number of pyridine rings is 1. The summed E-state index contributed by atoms with van der Waals surface area (Å²) < 4.78 is 0. The van der Waals surface area contributed by atoms with E-state index in [1.807, 2.05) is 6.07 Å². The normalized spacial score (nSPS) is 16.7. The molecule has 0 amide bonds. The molecule has 3 nitrogen and oxygen atoms in total. The molecule has 1 aliphatic heterocycles. The van der Waals surface area contributed by atoms with Gasteiger partial charge in [-0.1, -0.05) is 38.5 Å². The largest absolute Gasteiger partial charge is 0.365 e. The smallest absolute Gasteiger partial charge is 0.131 e. The van der Waals surface area contributed by atoms with Crippen molar-refractivity contribution < 1.29 is 0 Å². The summed E-state index contributed by atoms with van der Waals surface area (Å²) in [4.78, 5) is 7.10. The van der Waals surface area contributed by atoms with Crippen LogP contribution in [0.5, 0.6) is 0 Å². The van der Waals surface area contributed by atoms with Crippen molar-refractivity contribution in [2.75, 3.05) is 23.3 Å².